The number of nitrogens with zero attached hydrogens (tertiary/aromatic N) is 3. The summed E-state index contributed by atoms with van der Waals surface area (Å²) in [6.45, 7) is 1.39. The van der Waals surface area contributed by atoms with Gasteiger partial charge in [0.2, 0.25) is 6.10 Å². The molecule has 0 spiro atoms. The number of aryl methyl sites for hydroxylation is 1. The second-order valence-corrected chi connectivity index (χ2v) is 5.67. The second-order valence-electron chi connectivity index (χ2n) is 5.26. The number of oxime groups is 1. The van der Waals surface area contributed by atoms with Crippen molar-refractivity contribution in [1.82, 2.24) is 14.9 Å². The molecule has 1 N–H and O–H groups in total. The first-order valence-electron chi connectivity index (χ1n) is 7.45. The van der Waals surface area contributed by atoms with Gasteiger partial charge in [0.05, 0.1) is 12.0 Å². The third kappa shape index (κ3) is 3.90. The topological polar surface area (TPSA) is 68.5 Å². The van der Waals surface area contributed by atoms with Crippen LogP contribution in [0.3, 0.4) is 0 Å². The van der Waals surface area contributed by atoms with Gasteiger partial charge in [0, 0.05) is 42.5 Å². The summed E-state index contributed by atoms with van der Waals surface area (Å²) in [6, 6.07) is 7.40. The number of benzene rings is 1. The molecule has 1 amide bonds. The Morgan fingerprint density at radius 1 is 1.43 bits per heavy atom. The number of hydrogen-bond donors (Lipinski definition) is 1. The van der Waals surface area contributed by atoms with Crippen LogP contribution in [0.5, 0.6) is 0 Å². The molecule has 0 fully saturated rings. The van der Waals surface area contributed by atoms with Gasteiger partial charge in [-0.3, -0.25) is 4.79 Å². The lowest BCUT2D eigenvalue weighted by atomic mass is 10.0. The number of rotatable bonds is 6. The van der Waals surface area contributed by atoms with Crippen LogP contribution in [-0.4, -0.2) is 33.8 Å². The summed E-state index contributed by atoms with van der Waals surface area (Å²) in [6.07, 6.45) is 6.05. The zero-order chi connectivity index (χ0) is 16.1. The first kappa shape index (κ1) is 15.6. The summed E-state index contributed by atoms with van der Waals surface area (Å²) in [7, 11) is 0. The molecule has 2 aromatic rings. The number of aromatic nitrogens is 2. The van der Waals surface area contributed by atoms with Crippen molar-refractivity contribution in [1.29, 1.82) is 0 Å². The van der Waals surface area contributed by atoms with Gasteiger partial charge in [0.25, 0.3) is 5.91 Å². The van der Waals surface area contributed by atoms with Crippen LogP contribution < -0.4 is 5.32 Å². The maximum Gasteiger partial charge on any atom is 0.264 e. The lowest BCUT2D eigenvalue weighted by Gasteiger charge is -2.09. The van der Waals surface area contributed by atoms with Gasteiger partial charge in [-0.15, -0.1) is 0 Å². The predicted molar refractivity (Wildman–Crippen MR) is 87.3 cm³/mol. The van der Waals surface area contributed by atoms with Gasteiger partial charge in [0.15, 0.2) is 0 Å². The van der Waals surface area contributed by atoms with E-state index in [4.69, 9.17) is 16.4 Å². The lowest BCUT2D eigenvalue weighted by Crippen LogP contribution is -2.35. The van der Waals surface area contributed by atoms with Gasteiger partial charge in [-0.25, -0.2) is 4.98 Å². The number of imidazole rings is 1. The van der Waals surface area contributed by atoms with Crippen LogP contribution in [0.2, 0.25) is 5.02 Å². The summed E-state index contributed by atoms with van der Waals surface area (Å²) < 4.78 is 1.97. The van der Waals surface area contributed by atoms with E-state index in [1.807, 2.05) is 29.0 Å². The van der Waals surface area contributed by atoms with Crippen molar-refractivity contribution in [2.75, 3.05) is 6.54 Å². The van der Waals surface area contributed by atoms with Crippen LogP contribution >= 0.6 is 11.6 Å². The fourth-order valence-corrected chi connectivity index (χ4v) is 2.62. The molecule has 7 heteroatoms. The van der Waals surface area contributed by atoms with Gasteiger partial charge in [0.1, 0.15) is 0 Å². The first-order valence-corrected chi connectivity index (χ1v) is 7.83. The highest BCUT2D eigenvalue weighted by molar-refractivity contribution is 6.34. The SMILES string of the molecule is O=C(NCCCn1ccnc1)[C@H]1CC(c2ccccc2Cl)=NO1. The normalized spacial score (nSPS) is 16.7. The quantitative estimate of drug-likeness (QED) is 0.825. The zero-order valence-corrected chi connectivity index (χ0v) is 13.2. The van der Waals surface area contributed by atoms with E-state index < -0.39 is 6.10 Å². The van der Waals surface area contributed by atoms with Crippen LogP contribution in [0, 0.1) is 0 Å². The molecule has 0 radical (unpaired) electrons. The number of halogens is 1. The summed E-state index contributed by atoms with van der Waals surface area (Å²) >= 11 is 6.14. The summed E-state index contributed by atoms with van der Waals surface area (Å²) in [5, 5.41) is 7.47. The molecule has 2 heterocycles. The minimum atomic E-state index is -0.588. The Morgan fingerprint density at radius 3 is 3.09 bits per heavy atom. The van der Waals surface area contributed by atoms with Gasteiger partial charge in [-0.1, -0.05) is 35.0 Å². The molecule has 0 aliphatic carbocycles. The summed E-state index contributed by atoms with van der Waals surface area (Å²) in [4.78, 5) is 21.3. The Bertz CT molecular complexity index is 700. The first-order chi connectivity index (χ1) is 11.2. The van der Waals surface area contributed by atoms with Crippen molar-refractivity contribution < 1.29 is 9.63 Å². The molecule has 0 saturated carbocycles. The van der Waals surface area contributed by atoms with E-state index in [2.05, 4.69) is 15.5 Å². The molecule has 0 saturated heterocycles. The van der Waals surface area contributed by atoms with Crippen LogP contribution in [0.15, 0.2) is 48.1 Å². The molecule has 120 valence electrons. The van der Waals surface area contributed by atoms with E-state index in [1.54, 1.807) is 18.6 Å². The number of carbonyl (C=O) groups excluding carboxylic acids is 1. The number of carbonyl (C=O) groups is 1. The molecule has 1 aromatic heterocycles. The lowest BCUT2D eigenvalue weighted by molar-refractivity contribution is -0.131. The van der Waals surface area contributed by atoms with E-state index in [0.717, 1.165) is 18.5 Å². The number of nitrogens with one attached hydrogen (secondary N) is 1. The standard InChI is InChI=1S/C16H17ClN4O2/c17-13-5-2-1-4-12(13)14-10-15(23-20-14)16(22)19-6-3-8-21-9-7-18-11-21/h1-2,4-5,7,9,11,15H,3,6,8,10H2,(H,19,22)/t15-/m1/s1. The average Bonchev–Trinajstić information content (AvgIpc) is 3.23. The van der Waals surface area contributed by atoms with Crippen molar-refractivity contribution >= 4 is 23.2 Å². The maximum atomic E-state index is 12.1. The highest BCUT2D eigenvalue weighted by atomic mass is 35.5. The van der Waals surface area contributed by atoms with E-state index in [0.29, 0.717) is 23.7 Å². The van der Waals surface area contributed by atoms with Gasteiger partial charge < -0.3 is 14.7 Å². The van der Waals surface area contributed by atoms with Crippen LogP contribution in [0.25, 0.3) is 0 Å². The fraction of sp³-hybridized carbons (Fsp3) is 0.312. The third-order valence-corrected chi connectivity index (χ3v) is 3.93. The Kier molecular flexibility index (Phi) is 4.92. The van der Waals surface area contributed by atoms with Crippen LogP contribution in [0.1, 0.15) is 18.4 Å². The molecule has 23 heavy (non-hydrogen) atoms. The molecular formula is C16H17ClN4O2. The molecule has 0 unspecified atom stereocenters. The summed E-state index contributed by atoms with van der Waals surface area (Å²) in [5.74, 6) is -0.151. The van der Waals surface area contributed by atoms with Gasteiger partial charge in [-0.05, 0) is 12.5 Å². The van der Waals surface area contributed by atoms with Crippen LogP contribution in [0.4, 0.5) is 0 Å². The molecule has 1 aliphatic heterocycles. The van der Waals surface area contributed by atoms with Gasteiger partial charge >= 0.3 is 0 Å². The minimum absolute atomic E-state index is 0.151. The van der Waals surface area contributed by atoms with E-state index in [-0.39, 0.29) is 5.91 Å². The van der Waals surface area contributed by atoms with Crippen molar-refractivity contribution in [3.63, 3.8) is 0 Å². The van der Waals surface area contributed by atoms with Crippen molar-refractivity contribution in [2.45, 2.75) is 25.5 Å². The third-order valence-electron chi connectivity index (χ3n) is 3.60. The summed E-state index contributed by atoms with van der Waals surface area (Å²) in [5.41, 5.74) is 1.51. The van der Waals surface area contributed by atoms with E-state index >= 15 is 0 Å². The second kappa shape index (κ2) is 7.28. The van der Waals surface area contributed by atoms with Gasteiger partial charge in [-0.2, -0.15) is 0 Å². The monoisotopic (exact) mass is 332 g/mol. The van der Waals surface area contributed by atoms with E-state index in [1.165, 1.54) is 0 Å². The van der Waals surface area contributed by atoms with Crippen molar-refractivity contribution in [3.05, 3.63) is 53.6 Å². The smallest absolute Gasteiger partial charge is 0.264 e. The highest BCUT2D eigenvalue weighted by Gasteiger charge is 2.29. The van der Waals surface area contributed by atoms with Crippen LogP contribution in [-0.2, 0) is 16.2 Å². The molecular weight excluding hydrogens is 316 g/mol. The largest absolute Gasteiger partial charge is 0.382 e. The fourth-order valence-electron chi connectivity index (χ4n) is 2.38. The molecule has 1 aromatic carbocycles. The molecule has 6 nitrogen and oxygen atoms in total. The van der Waals surface area contributed by atoms with Crippen molar-refractivity contribution in [2.24, 2.45) is 5.16 Å². The molecule has 3 rings (SSSR count). The number of hydrogen-bond acceptors (Lipinski definition) is 4. The van der Waals surface area contributed by atoms with E-state index in [9.17, 15) is 4.79 Å². The Morgan fingerprint density at radius 2 is 2.30 bits per heavy atom. The predicted octanol–water partition coefficient (Wildman–Crippen LogP) is 2.24. The Balaban J connectivity index is 1.44. The molecule has 0 bridgehead atoms. The highest BCUT2D eigenvalue weighted by Crippen LogP contribution is 2.22. The zero-order valence-electron chi connectivity index (χ0n) is 12.5. The Labute approximate surface area is 139 Å². The average molecular weight is 333 g/mol. The maximum absolute atomic E-state index is 12.1. The Hall–Kier alpha value is -2.34. The molecule has 1 atom stereocenters. The minimum Gasteiger partial charge on any atom is -0.382 e. The number of amides is 1. The van der Waals surface area contributed by atoms with Crippen molar-refractivity contribution in [3.8, 4) is 0 Å². The molecule has 1 aliphatic rings.